The molecule has 1 heterocycles. The van der Waals surface area contributed by atoms with Crippen LogP contribution >= 0.6 is 15.9 Å². The molecular formula is C14H10BrN5O. The fraction of sp³-hybridized carbons (Fsp3) is 0. The Kier molecular flexibility index (Phi) is 3.74. The summed E-state index contributed by atoms with van der Waals surface area (Å²) in [5, 5.41) is 16.5. The Morgan fingerprint density at radius 3 is 2.62 bits per heavy atom. The van der Waals surface area contributed by atoms with Gasteiger partial charge in [0.1, 0.15) is 0 Å². The number of benzene rings is 2. The second-order valence-corrected chi connectivity index (χ2v) is 5.19. The third-order valence-corrected chi connectivity index (χ3v) is 3.33. The number of carbonyl (C=O) groups is 1. The van der Waals surface area contributed by atoms with Gasteiger partial charge in [0.25, 0.3) is 5.91 Å². The van der Waals surface area contributed by atoms with E-state index in [-0.39, 0.29) is 5.91 Å². The largest absolute Gasteiger partial charge is 0.322 e. The van der Waals surface area contributed by atoms with Crippen molar-refractivity contribution in [2.24, 2.45) is 0 Å². The van der Waals surface area contributed by atoms with Gasteiger partial charge in [-0.2, -0.15) is 5.21 Å². The summed E-state index contributed by atoms with van der Waals surface area (Å²) in [4.78, 5) is 12.1. The number of aromatic amines is 1. The summed E-state index contributed by atoms with van der Waals surface area (Å²) in [6, 6.07) is 14.4. The molecule has 21 heavy (non-hydrogen) atoms. The third kappa shape index (κ3) is 3.14. The standard InChI is InChI=1S/C14H10BrN5O/c15-11-3-1-2-10(8-11)14(21)16-12-6-4-9(5-7-12)13-17-19-20-18-13/h1-8H,(H,16,21)(H,17,18,19,20). The summed E-state index contributed by atoms with van der Waals surface area (Å²) in [6.45, 7) is 0. The molecule has 104 valence electrons. The average Bonchev–Trinajstić information content (AvgIpc) is 3.02. The molecule has 0 fully saturated rings. The van der Waals surface area contributed by atoms with Crippen LogP contribution < -0.4 is 5.32 Å². The van der Waals surface area contributed by atoms with Crippen LogP contribution in [0.2, 0.25) is 0 Å². The quantitative estimate of drug-likeness (QED) is 0.765. The van der Waals surface area contributed by atoms with E-state index in [9.17, 15) is 4.79 Å². The van der Waals surface area contributed by atoms with Crippen LogP contribution in [0.1, 0.15) is 10.4 Å². The highest BCUT2D eigenvalue weighted by molar-refractivity contribution is 9.10. The summed E-state index contributed by atoms with van der Waals surface area (Å²) < 4.78 is 0.864. The van der Waals surface area contributed by atoms with Crippen LogP contribution in [0, 0.1) is 0 Å². The average molecular weight is 344 g/mol. The van der Waals surface area contributed by atoms with Crippen molar-refractivity contribution in [1.29, 1.82) is 0 Å². The summed E-state index contributed by atoms with van der Waals surface area (Å²) in [5.41, 5.74) is 2.11. The van der Waals surface area contributed by atoms with Gasteiger partial charge in [-0.15, -0.1) is 10.2 Å². The Bertz CT molecular complexity index is 755. The number of rotatable bonds is 3. The maximum absolute atomic E-state index is 12.1. The fourth-order valence-electron chi connectivity index (χ4n) is 1.82. The minimum Gasteiger partial charge on any atom is -0.322 e. The SMILES string of the molecule is O=C(Nc1ccc(-c2nn[nH]n2)cc1)c1cccc(Br)c1. The molecule has 3 rings (SSSR count). The second-order valence-electron chi connectivity index (χ2n) is 4.28. The lowest BCUT2D eigenvalue weighted by atomic mass is 10.2. The minimum atomic E-state index is -0.163. The number of halogens is 1. The lowest BCUT2D eigenvalue weighted by Gasteiger charge is -2.06. The molecule has 0 bridgehead atoms. The molecule has 1 aromatic heterocycles. The zero-order valence-corrected chi connectivity index (χ0v) is 12.3. The number of aromatic nitrogens is 4. The summed E-state index contributed by atoms with van der Waals surface area (Å²) in [7, 11) is 0. The van der Waals surface area contributed by atoms with Gasteiger partial charge >= 0.3 is 0 Å². The molecule has 0 spiro atoms. The highest BCUT2D eigenvalue weighted by Crippen LogP contribution is 2.18. The van der Waals surface area contributed by atoms with E-state index in [4.69, 9.17) is 0 Å². The highest BCUT2D eigenvalue weighted by Gasteiger charge is 2.07. The minimum absolute atomic E-state index is 0.163. The van der Waals surface area contributed by atoms with Crippen molar-refractivity contribution in [3.8, 4) is 11.4 Å². The Balaban J connectivity index is 1.75. The number of nitrogens with one attached hydrogen (secondary N) is 2. The summed E-state index contributed by atoms with van der Waals surface area (Å²) in [5.74, 6) is 0.350. The molecule has 0 saturated heterocycles. The number of anilines is 1. The molecule has 0 saturated carbocycles. The van der Waals surface area contributed by atoms with Crippen LogP contribution in [0.3, 0.4) is 0 Å². The van der Waals surface area contributed by atoms with Crippen molar-refractivity contribution in [3.63, 3.8) is 0 Å². The first-order chi connectivity index (χ1) is 10.2. The van der Waals surface area contributed by atoms with Crippen molar-refractivity contribution < 1.29 is 4.79 Å². The zero-order valence-electron chi connectivity index (χ0n) is 10.7. The van der Waals surface area contributed by atoms with E-state index in [0.717, 1.165) is 10.0 Å². The third-order valence-electron chi connectivity index (χ3n) is 2.83. The molecule has 3 aromatic rings. The number of H-pyrrole nitrogens is 1. The molecule has 0 unspecified atom stereocenters. The number of nitrogens with zero attached hydrogens (tertiary/aromatic N) is 3. The van der Waals surface area contributed by atoms with Crippen molar-refractivity contribution in [1.82, 2.24) is 20.6 Å². The van der Waals surface area contributed by atoms with Gasteiger partial charge < -0.3 is 5.32 Å². The number of carbonyl (C=O) groups excluding carboxylic acids is 1. The topological polar surface area (TPSA) is 83.6 Å². The van der Waals surface area contributed by atoms with Gasteiger partial charge in [-0.3, -0.25) is 4.79 Å². The zero-order chi connectivity index (χ0) is 14.7. The number of tetrazole rings is 1. The second kappa shape index (κ2) is 5.84. The molecule has 0 radical (unpaired) electrons. The number of hydrogen-bond acceptors (Lipinski definition) is 4. The van der Waals surface area contributed by atoms with Crippen molar-refractivity contribution in [3.05, 3.63) is 58.6 Å². The van der Waals surface area contributed by atoms with Crippen molar-refractivity contribution in [2.75, 3.05) is 5.32 Å². The lowest BCUT2D eigenvalue weighted by molar-refractivity contribution is 0.102. The predicted molar refractivity (Wildman–Crippen MR) is 81.7 cm³/mol. The molecule has 0 aliphatic carbocycles. The Morgan fingerprint density at radius 1 is 1.14 bits per heavy atom. The summed E-state index contributed by atoms with van der Waals surface area (Å²) in [6.07, 6.45) is 0. The molecule has 7 heteroatoms. The van der Waals surface area contributed by atoms with Crippen LogP contribution in [0.25, 0.3) is 11.4 Å². The molecule has 1 amide bonds. The Labute approximate surface area is 128 Å². The van der Waals surface area contributed by atoms with Gasteiger partial charge in [0.15, 0.2) is 0 Å². The van der Waals surface area contributed by atoms with Gasteiger partial charge in [-0.1, -0.05) is 22.0 Å². The van der Waals surface area contributed by atoms with E-state index in [1.807, 2.05) is 24.3 Å². The molecule has 0 atom stereocenters. The van der Waals surface area contributed by atoms with Crippen LogP contribution in [-0.2, 0) is 0 Å². The Morgan fingerprint density at radius 2 is 1.95 bits per heavy atom. The van der Waals surface area contributed by atoms with Gasteiger partial charge in [-0.05, 0) is 47.7 Å². The maximum atomic E-state index is 12.1. The first-order valence-corrected chi connectivity index (χ1v) is 6.92. The number of hydrogen-bond donors (Lipinski definition) is 2. The normalized spacial score (nSPS) is 10.3. The van der Waals surface area contributed by atoms with Gasteiger partial charge in [0, 0.05) is 21.3 Å². The van der Waals surface area contributed by atoms with E-state index in [1.165, 1.54) is 0 Å². The lowest BCUT2D eigenvalue weighted by Crippen LogP contribution is -2.11. The molecule has 0 aliphatic heterocycles. The monoisotopic (exact) mass is 343 g/mol. The Hall–Kier alpha value is -2.54. The van der Waals surface area contributed by atoms with E-state index < -0.39 is 0 Å². The van der Waals surface area contributed by atoms with E-state index >= 15 is 0 Å². The molecular weight excluding hydrogens is 334 g/mol. The summed E-state index contributed by atoms with van der Waals surface area (Å²) >= 11 is 3.34. The van der Waals surface area contributed by atoms with E-state index in [2.05, 4.69) is 41.9 Å². The van der Waals surface area contributed by atoms with E-state index in [1.54, 1.807) is 24.3 Å². The van der Waals surface area contributed by atoms with Crippen LogP contribution in [0.4, 0.5) is 5.69 Å². The van der Waals surface area contributed by atoms with Crippen molar-refractivity contribution >= 4 is 27.5 Å². The molecule has 0 aliphatic rings. The fourth-order valence-corrected chi connectivity index (χ4v) is 2.22. The molecule has 2 N–H and O–H groups in total. The van der Waals surface area contributed by atoms with Crippen LogP contribution in [0.5, 0.6) is 0 Å². The molecule has 6 nitrogen and oxygen atoms in total. The van der Waals surface area contributed by atoms with E-state index in [0.29, 0.717) is 17.1 Å². The predicted octanol–water partition coefficient (Wildman–Crippen LogP) is 2.88. The smallest absolute Gasteiger partial charge is 0.255 e. The van der Waals surface area contributed by atoms with Gasteiger partial charge in [-0.25, -0.2) is 0 Å². The first-order valence-electron chi connectivity index (χ1n) is 6.13. The van der Waals surface area contributed by atoms with Gasteiger partial charge in [0.2, 0.25) is 5.82 Å². The maximum Gasteiger partial charge on any atom is 0.255 e. The highest BCUT2D eigenvalue weighted by atomic mass is 79.9. The first kappa shape index (κ1) is 13.4. The van der Waals surface area contributed by atoms with Gasteiger partial charge in [0.05, 0.1) is 0 Å². The van der Waals surface area contributed by atoms with Crippen molar-refractivity contribution in [2.45, 2.75) is 0 Å². The number of amides is 1. The van der Waals surface area contributed by atoms with Crippen LogP contribution in [0.15, 0.2) is 53.0 Å². The van der Waals surface area contributed by atoms with Crippen LogP contribution in [-0.4, -0.2) is 26.5 Å². The molecule has 2 aromatic carbocycles.